The minimum Gasteiger partial charge on any atom is -0.314 e. The van der Waals surface area contributed by atoms with E-state index < -0.39 is 0 Å². The second kappa shape index (κ2) is 8.41. The van der Waals surface area contributed by atoms with Crippen LogP contribution in [0.4, 0.5) is 0 Å². The van der Waals surface area contributed by atoms with Crippen LogP contribution in [0.5, 0.6) is 0 Å². The van der Waals surface area contributed by atoms with E-state index in [9.17, 15) is 0 Å². The van der Waals surface area contributed by atoms with E-state index in [0.717, 1.165) is 17.2 Å². The summed E-state index contributed by atoms with van der Waals surface area (Å²) in [7, 11) is 0. The summed E-state index contributed by atoms with van der Waals surface area (Å²) in [5, 5.41) is 4.72. The largest absolute Gasteiger partial charge is 0.314 e. The van der Waals surface area contributed by atoms with Gasteiger partial charge in [0.25, 0.3) is 0 Å². The van der Waals surface area contributed by atoms with Crippen LogP contribution in [-0.2, 0) is 0 Å². The first kappa shape index (κ1) is 14.4. The van der Waals surface area contributed by atoms with Crippen molar-refractivity contribution in [1.29, 1.82) is 0 Å². The molecule has 0 aliphatic heterocycles. The van der Waals surface area contributed by atoms with Crippen molar-refractivity contribution < 1.29 is 0 Å². The van der Waals surface area contributed by atoms with Crippen molar-refractivity contribution in [3.63, 3.8) is 0 Å². The molecule has 96 valence electrons. The lowest BCUT2D eigenvalue weighted by Crippen LogP contribution is -2.31. The van der Waals surface area contributed by atoms with Gasteiger partial charge in [0.15, 0.2) is 0 Å². The predicted molar refractivity (Wildman–Crippen MR) is 76.3 cm³/mol. The molecule has 0 heterocycles. The fourth-order valence-corrected chi connectivity index (χ4v) is 3.41. The van der Waals surface area contributed by atoms with Crippen molar-refractivity contribution in [1.82, 2.24) is 5.32 Å². The molecular weight excluding hydrogens is 214 g/mol. The van der Waals surface area contributed by atoms with Gasteiger partial charge in [-0.15, -0.1) is 0 Å². The smallest absolute Gasteiger partial charge is 0.00781 e. The van der Waals surface area contributed by atoms with Crippen LogP contribution in [0.15, 0.2) is 0 Å². The molecule has 2 heteroatoms. The third-order valence-electron chi connectivity index (χ3n) is 3.96. The van der Waals surface area contributed by atoms with Crippen LogP contribution in [0.3, 0.4) is 0 Å². The summed E-state index contributed by atoms with van der Waals surface area (Å²) in [4.78, 5) is 0. The fraction of sp³-hybridized carbons (Fsp3) is 1.00. The lowest BCUT2D eigenvalue weighted by Gasteiger charge is -2.19. The molecular formula is C14H29NS. The third-order valence-corrected chi connectivity index (χ3v) is 5.05. The molecule has 0 saturated heterocycles. The Labute approximate surface area is 106 Å². The Morgan fingerprint density at radius 1 is 1.31 bits per heavy atom. The maximum atomic E-state index is 3.79. The number of hydrogen-bond donors (Lipinski definition) is 1. The summed E-state index contributed by atoms with van der Waals surface area (Å²) in [6, 6.07) is 0.813. The van der Waals surface area contributed by atoms with Crippen molar-refractivity contribution in [3.8, 4) is 0 Å². The Morgan fingerprint density at radius 3 is 2.69 bits per heavy atom. The molecule has 1 rings (SSSR count). The molecule has 1 N–H and O–H groups in total. The molecule has 1 nitrogen and oxygen atoms in total. The summed E-state index contributed by atoms with van der Waals surface area (Å²) in [6.45, 7) is 5.88. The zero-order valence-corrected chi connectivity index (χ0v) is 12.1. The number of thioether (sulfide) groups is 1. The molecule has 0 radical (unpaired) electrons. The monoisotopic (exact) mass is 243 g/mol. The standard InChI is InChI=1S/C14H29NS/c1-4-6-7-12(5-2)11-15-13-8-9-14(10-13)16-3/h12-15H,4-11H2,1-3H3. The summed E-state index contributed by atoms with van der Waals surface area (Å²) in [5.41, 5.74) is 0. The van der Waals surface area contributed by atoms with E-state index in [1.54, 1.807) is 0 Å². The van der Waals surface area contributed by atoms with Crippen LogP contribution in [0, 0.1) is 5.92 Å². The predicted octanol–water partition coefficient (Wildman–Crippen LogP) is 4.08. The highest BCUT2D eigenvalue weighted by molar-refractivity contribution is 7.99. The molecule has 1 saturated carbocycles. The average Bonchev–Trinajstić information content (AvgIpc) is 2.77. The van der Waals surface area contributed by atoms with Crippen molar-refractivity contribution in [2.45, 2.75) is 70.1 Å². The number of hydrogen-bond acceptors (Lipinski definition) is 2. The Morgan fingerprint density at radius 2 is 2.12 bits per heavy atom. The highest BCUT2D eigenvalue weighted by Crippen LogP contribution is 2.28. The van der Waals surface area contributed by atoms with E-state index in [1.807, 2.05) is 0 Å². The number of rotatable bonds is 8. The first-order chi connectivity index (χ1) is 7.80. The molecule has 0 aromatic heterocycles. The van der Waals surface area contributed by atoms with Crippen LogP contribution < -0.4 is 5.32 Å². The summed E-state index contributed by atoms with van der Waals surface area (Å²) < 4.78 is 0. The topological polar surface area (TPSA) is 12.0 Å². The molecule has 0 bridgehead atoms. The molecule has 1 aliphatic carbocycles. The second-order valence-corrected chi connectivity index (χ2v) is 6.33. The first-order valence-electron chi connectivity index (χ1n) is 7.06. The van der Waals surface area contributed by atoms with Gasteiger partial charge in [-0.2, -0.15) is 11.8 Å². The second-order valence-electron chi connectivity index (χ2n) is 5.19. The Balaban J connectivity index is 2.12. The van der Waals surface area contributed by atoms with Gasteiger partial charge in [0.2, 0.25) is 0 Å². The lowest BCUT2D eigenvalue weighted by atomic mass is 9.99. The zero-order chi connectivity index (χ0) is 11.8. The van der Waals surface area contributed by atoms with Crippen LogP contribution in [0.2, 0.25) is 0 Å². The zero-order valence-electron chi connectivity index (χ0n) is 11.3. The minimum absolute atomic E-state index is 0.813. The van der Waals surface area contributed by atoms with Crippen molar-refractivity contribution in [3.05, 3.63) is 0 Å². The Bertz CT molecular complexity index is 170. The summed E-state index contributed by atoms with van der Waals surface area (Å²) in [6.07, 6.45) is 12.0. The molecule has 1 aliphatic rings. The van der Waals surface area contributed by atoms with Crippen LogP contribution in [0.25, 0.3) is 0 Å². The first-order valence-corrected chi connectivity index (χ1v) is 8.35. The maximum Gasteiger partial charge on any atom is 0.00781 e. The lowest BCUT2D eigenvalue weighted by molar-refractivity contribution is 0.389. The Kier molecular flexibility index (Phi) is 7.55. The van der Waals surface area contributed by atoms with E-state index in [2.05, 4.69) is 37.2 Å². The quantitative estimate of drug-likeness (QED) is 0.689. The molecule has 3 unspecified atom stereocenters. The minimum atomic E-state index is 0.813. The summed E-state index contributed by atoms with van der Waals surface area (Å²) >= 11 is 2.05. The van der Waals surface area contributed by atoms with E-state index in [0.29, 0.717) is 0 Å². The van der Waals surface area contributed by atoms with Gasteiger partial charge in [0.1, 0.15) is 0 Å². The summed E-state index contributed by atoms with van der Waals surface area (Å²) in [5.74, 6) is 0.910. The van der Waals surface area contributed by atoms with Gasteiger partial charge in [-0.25, -0.2) is 0 Å². The number of nitrogens with one attached hydrogen (secondary N) is 1. The molecule has 3 atom stereocenters. The maximum absolute atomic E-state index is 3.79. The molecule has 1 fully saturated rings. The molecule has 0 aromatic rings. The van der Waals surface area contributed by atoms with Crippen LogP contribution in [-0.4, -0.2) is 24.1 Å². The highest BCUT2D eigenvalue weighted by Gasteiger charge is 2.23. The van der Waals surface area contributed by atoms with Gasteiger partial charge in [0.05, 0.1) is 0 Å². The van der Waals surface area contributed by atoms with E-state index in [1.165, 1.54) is 51.5 Å². The number of unbranched alkanes of at least 4 members (excludes halogenated alkanes) is 1. The van der Waals surface area contributed by atoms with Gasteiger partial charge in [0, 0.05) is 11.3 Å². The Hall–Kier alpha value is 0.310. The normalized spacial score (nSPS) is 27.2. The van der Waals surface area contributed by atoms with Crippen molar-refractivity contribution in [2.24, 2.45) is 5.92 Å². The fourth-order valence-electron chi connectivity index (χ4n) is 2.62. The van der Waals surface area contributed by atoms with E-state index in [4.69, 9.17) is 0 Å². The van der Waals surface area contributed by atoms with Gasteiger partial charge >= 0.3 is 0 Å². The molecule has 16 heavy (non-hydrogen) atoms. The van der Waals surface area contributed by atoms with E-state index in [-0.39, 0.29) is 0 Å². The van der Waals surface area contributed by atoms with E-state index >= 15 is 0 Å². The van der Waals surface area contributed by atoms with Gasteiger partial charge in [-0.3, -0.25) is 0 Å². The van der Waals surface area contributed by atoms with Crippen molar-refractivity contribution >= 4 is 11.8 Å². The van der Waals surface area contributed by atoms with Gasteiger partial charge in [-0.05, 0) is 44.4 Å². The SMILES string of the molecule is CCCCC(CC)CNC1CCC(SC)C1. The third kappa shape index (κ3) is 5.09. The average molecular weight is 243 g/mol. The van der Waals surface area contributed by atoms with Crippen molar-refractivity contribution in [2.75, 3.05) is 12.8 Å². The molecule has 0 aromatic carbocycles. The molecule has 0 amide bonds. The van der Waals surface area contributed by atoms with Crippen LogP contribution in [0.1, 0.15) is 58.8 Å². The van der Waals surface area contributed by atoms with Crippen LogP contribution >= 0.6 is 11.8 Å². The van der Waals surface area contributed by atoms with Gasteiger partial charge in [-0.1, -0.05) is 33.1 Å². The van der Waals surface area contributed by atoms with Gasteiger partial charge < -0.3 is 5.32 Å². The molecule has 0 spiro atoms. The highest BCUT2D eigenvalue weighted by atomic mass is 32.2.